The van der Waals surface area contributed by atoms with Gasteiger partial charge in [0.2, 0.25) is 11.8 Å². The average Bonchev–Trinajstić information content (AvgIpc) is 2.90. The summed E-state index contributed by atoms with van der Waals surface area (Å²) in [4.78, 5) is 27.2. The Kier molecular flexibility index (Phi) is 7.52. The summed E-state index contributed by atoms with van der Waals surface area (Å²) in [6.07, 6.45) is 1.42. The highest BCUT2D eigenvalue weighted by Crippen LogP contribution is 2.26. The molecular weight excluding hydrogens is 314 g/mol. The number of amides is 2. The number of nitrogens with two attached hydrogens (primary N) is 1. The zero-order valence-corrected chi connectivity index (χ0v) is 14.6. The van der Waals surface area contributed by atoms with Gasteiger partial charge in [-0.3, -0.25) is 9.59 Å². The number of nitrogens with zero attached hydrogens (tertiary/aromatic N) is 2. The summed E-state index contributed by atoms with van der Waals surface area (Å²) >= 11 is 0. The topological polar surface area (TPSA) is 66.6 Å². The second kappa shape index (κ2) is 8.89. The number of carbonyl (C=O) groups is 2. The lowest BCUT2D eigenvalue weighted by atomic mass is 9.95. The fourth-order valence-corrected chi connectivity index (χ4v) is 2.86. The predicted molar refractivity (Wildman–Crippen MR) is 93.5 cm³/mol. The minimum absolute atomic E-state index is 0. The minimum Gasteiger partial charge on any atom is -0.349 e. The lowest BCUT2D eigenvalue weighted by Gasteiger charge is -2.17. The van der Waals surface area contributed by atoms with Gasteiger partial charge in [0.25, 0.3) is 0 Å². The van der Waals surface area contributed by atoms with Crippen LogP contribution in [-0.4, -0.2) is 54.8 Å². The molecule has 0 aliphatic carbocycles. The molecule has 0 unspecified atom stereocenters. The molecule has 1 aliphatic rings. The van der Waals surface area contributed by atoms with E-state index in [2.05, 4.69) is 12.1 Å². The van der Waals surface area contributed by atoms with Gasteiger partial charge >= 0.3 is 0 Å². The Morgan fingerprint density at radius 1 is 1.17 bits per heavy atom. The minimum atomic E-state index is -0.0187. The van der Waals surface area contributed by atoms with Crippen molar-refractivity contribution >= 4 is 24.2 Å². The van der Waals surface area contributed by atoms with Crippen LogP contribution >= 0.6 is 12.4 Å². The molecule has 1 aromatic carbocycles. The van der Waals surface area contributed by atoms with Gasteiger partial charge in [-0.2, -0.15) is 0 Å². The molecule has 1 aliphatic heterocycles. The molecule has 0 saturated carbocycles. The molecule has 5 nitrogen and oxygen atoms in total. The van der Waals surface area contributed by atoms with E-state index in [4.69, 9.17) is 5.73 Å². The second-order valence-electron chi connectivity index (χ2n) is 6.12. The van der Waals surface area contributed by atoms with E-state index in [-0.39, 0.29) is 36.2 Å². The Bertz CT molecular complexity index is 522. The summed E-state index contributed by atoms with van der Waals surface area (Å²) in [5.74, 6) is 0.363. The summed E-state index contributed by atoms with van der Waals surface area (Å²) < 4.78 is 0. The molecule has 0 aromatic heterocycles. The number of rotatable bonds is 5. The summed E-state index contributed by atoms with van der Waals surface area (Å²) in [6.45, 7) is 1.27. The van der Waals surface area contributed by atoms with Crippen molar-refractivity contribution in [2.24, 2.45) is 5.73 Å². The van der Waals surface area contributed by atoms with Crippen LogP contribution in [0, 0.1) is 0 Å². The highest BCUT2D eigenvalue weighted by molar-refractivity contribution is 5.85. The number of hydrogen-bond donors (Lipinski definition) is 1. The molecule has 6 heteroatoms. The predicted octanol–water partition coefficient (Wildman–Crippen LogP) is 1.62. The highest BCUT2D eigenvalue weighted by atomic mass is 35.5. The molecule has 2 atom stereocenters. The van der Waals surface area contributed by atoms with Crippen LogP contribution in [0.5, 0.6) is 0 Å². The first-order chi connectivity index (χ1) is 10.5. The normalized spacial score (nSPS) is 20.0. The number of benzene rings is 1. The third-order valence-electron chi connectivity index (χ3n) is 4.23. The van der Waals surface area contributed by atoms with Crippen LogP contribution in [0.1, 0.15) is 30.7 Å². The van der Waals surface area contributed by atoms with Crippen molar-refractivity contribution in [1.29, 1.82) is 0 Å². The summed E-state index contributed by atoms with van der Waals surface area (Å²) in [5.41, 5.74) is 7.39. The molecule has 1 heterocycles. The van der Waals surface area contributed by atoms with E-state index in [0.29, 0.717) is 32.4 Å². The van der Waals surface area contributed by atoms with E-state index in [9.17, 15) is 9.59 Å². The average molecular weight is 340 g/mol. The van der Waals surface area contributed by atoms with Crippen molar-refractivity contribution < 1.29 is 9.59 Å². The fourth-order valence-electron chi connectivity index (χ4n) is 2.86. The van der Waals surface area contributed by atoms with Crippen molar-refractivity contribution in [2.75, 3.05) is 27.2 Å². The van der Waals surface area contributed by atoms with Gasteiger partial charge in [0.05, 0.1) is 0 Å². The molecule has 2 N–H and O–H groups in total. The molecule has 128 valence electrons. The van der Waals surface area contributed by atoms with E-state index in [0.717, 1.165) is 0 Å². The van der Waals surface area contributed by atoms with E-state index >= 15 is 0 Å². The first kappa shape index (κ1) is 19.5. The molecule has 1 fully saturated rings. The van der Waals surface area contributed by atoms with Crippen LogP contribution < -0.4 is 5.73 Å². The highest BCUT2D eigenvalue weighted by Gasteiger charge is 2.33. The van der Waals surface area contributed by atoms with Crippen molar-refractivity contribution in [2.45, 2.75) is 31.2 Å². The van der Waals surface area contributed by atoms with Gasteiger partial charge in [-0.05, 0) is 12.0 Å². The number of likely N-dealkylation sites (tertiary alicyclic amines) is 1. The monoisotopic (exact) mass is 339 g/mol. The standard InChI is InChI=1S/C17H25N3O2.ClH/c1-19(2)16(21)9-6-10-17(22)20-11-14(15(18)12-20)13-7-4-3-5-8-13;/h3-5,7-8,14-15H,6,9-12,18H2,1-2H3;1H/t14-,15+;/m0./s1. The molecule has 0 radical (unpaired) electrons. The van der Waals surface area contributed by atoms with Gasteiger partial charge in [0.1, 0.15) is 0 Å². The molecule has 2 amide bonds. The van der Waals surface area contributed by atoms with Crippen molar-refractivity contribution in [3.8, 4) is 0 Å². The Labute approximate surface area is 144 Å². The molecule has 2 rings (SSSR count). The number of hydrogen-bond acceptors (Lipinski definition) is 3. The van der Waals surface area contributed by atoms with E-state index in [1.807, 2.05) is 23.1 Å². The summed E-state index contributed by atoms with van der Waals surface area (Å²) in [6, 6.07) is 10.1. The van der Waals surface area contributed by atoms with Gasteiger partial charge in [-0.15, -0.1) is 12.4 Å². The largest absolute Gasteiger partial charge is 0.349 e. The quantitative estimate of drug-likeness (QED) is 0.886. The van der Waals surface area contributed by atoms with E-state index < -0.39 is 0 Å². The molecule has 1 aromatic rings. The first-order valence-electron chi connectivity index (χ1n) is 7.77. The van der Waals surface area contributed by atoms with Gasteiger partial charge < -0.3 is 15.5 Å². The Balaban J connectivity index is 0.00000264. The van der Waals surface area contributed by atoms with Gasteiger partial charge in [-0.1, -0.05) is 30.3 Å². The van der Waals surface area contributed by atoms with Crippen LogP contribution in [-0.2, 0) is 9.59 Å². The second-order valence-corrected chi connectivity index (χ2v) is 6.12. The van der Waals surface area contributed by atoms with E-state index in [1.54, 1.807) is 19.0 Å². The van der Waals surface area contributed by atoms with Gasteiger partial charge in [0.15, 0.2) is 0 Å². The molecule has 0 bridgehead atoms. The molecule has 0 spiro atoms. The van der Waals surface area contributed by atoms with Gasteiger partial charge in [0, 0.05) is 52.0 Å². The Morgan fingerprint density at radius 2 is 1.83 bits per heavy atom. The SMILES string of the molecule is CN(C)C(=O)CCCC(=O)N1C[C@@H](N)[C@H](c2ccccc2)C1.Cl. The van der Waals surface area contributed by atoms with E-state index in [1.165, 1.54) is 5.56 Å². The fraction of sp³-hybridized carbons (Fsp3) is 0.529. The maximum absolute atomic E-state index is 12.3. The van der Waals surface area contributed by atoms with Crippen LogP contribution in [0.15, 0.2) is 30.3 Å². The molecule has 23 heavy (non-hydrogen) atoms. The molecule has 1 saturated heterocycles. The number of carbonyl (C=O) groups excluding carboxylic acids is 2. The maximum atomic E-state index is 12.3. The Morgan fingerprint density at radius 3 is 2.43 bits per heavy atom. The van der Waals surface area contributed by atoms with Gasteiger partial charge in [-0.25, -0.2) is 0 Å². The summed E-state index contributed by atoms with van der Waals surface area (Å²) in [7, 11) is 3.46. The van der Waals surface area contributed by atoms with Crippen LogP contribution in [0.25, 0.3) is 0 Å². The lowest BCUT2D eigenvalue weighted by Crippen LogP contribution is -2.32. The summed E-state index contributed by atoms with van der Waals surface area (Å²) in [5, 5.41) is 0. The zero-order chi connectivity index (χ0) is 16.1. The Hall–Kier alpha value is -1.59. The van der Waals surface area contributed by atoms with Crippen molar-refractivity contribution in [3.63, 3.8) is 0 Å². The maximum Gasteiger partial charge on any atom is 0.222 e. The van der Waals surface area contributed by atoms with Crippen LogP contribution in [0.4, 0.5) is 0 Å². The third-order valence-corrected chi connectivity index (χ3v) is 4.23. The smallest absolute Gasteiger partial charge is 0.222 e. The number of halogens is 1. The van der Waals surface area contributed by atoms with Crippen molar-refractivity contribution in [3.05, 3.63) is 35.9 Å². The lowest BCUT2D eigenvalue weighted by molar-refractivity contribution is -0.131. The van der Waals surface area contributed by atoms with Crippen LogP contribution in [0.2, 0.25) is 0 Å². The first-order valence-corrected chi connectivity index (χ1v) is 7.77. The zero-order valence-electron chi connectivity index (χ0n) is 13.8. The molecular formula is C17H26ClN3O2. The third kappa shape index (κ3) is 5.22. The van der Waals surface area contributed by atoms with Crippen LogP contribution in [0.3, 0.4) is 0 Å². The van der Waals surface area contributed by atoms with Crippen molar-refractivity contribution in [1.82, 2.24) is 9.80 Å².